The Morgan fingerprint density at radius 1 is 1.14 bits per heavy atom. The molecule has 0 atom stereocenters. The van der Waals surface area contributed by atoms with Gasteiger partial charge in [0.15, 0.2) is 0 Å². The van der Waals surface area contributed by atoms with E-state index in [0.29, 0.717) is 6.54 Å². The van der Waals surface area contributed by atoms with Gasteiger partial charge in [-0.15, -0.1) is 0 Å². The molecule has 110 valence electrons. The van der Waals surface area contributed by atoms with E-state index in [2.05, 4.69) is 28.5 Å². The molecule has 1 aliphatic heterocycles. The topological polar surface area (TPSA) is 48.1 Å². The Morgan fingerprint density at radius 3 is 2.86 bits per heavy atom. The normalized spacial score (nSPS) is 13.4. The van der Waals surface area contributed by atoms with Crippen LogP contribution in [0.3, 0.4) is 0 Å². The molecule has 2 N–H and O–H groups in total. The number of nitrogens with zero attached hydrogens (tertiary/aromatic N) is 1. The number of aromatic nitrogens is 1. The summed E-state index contributed by atoms with van der Waals surface area (Å²) in [5, 5.41) is 4.16. The molecule has 2 amide bonds. The second-order valence-corrected chi connectivity index (χ2v) is 5.57. The van der Waals surface area contributed by atoms with Gasteiger partial charge in [0.2, 0.25) is 0 Å². The number of urea groups is 1. The summed E-state index contributed by atoms with van der Waals surface area (Å²) in [6, 6.07) is 18.2. The Morgan fingerprint density at radius 2 is 1.95 bits per heavy atom. The van der Waals surface area contributed by atoms with Crippen LogP contribution < -0.4 is 10.2 Å². The monoisotopic (exact) mass is 291 g/mol. The number of fused-ring (bicyclic) bond motifs is 2. The van der Waals surface area contributed by atoms with Gasteiger partial charge in [-0.05, 0) is 35.6 Å². The first-order valence-corrected chi connectivity index (χ1v) is 7.51. The summed E-state index contributed by atoms with van der Waals surface area (Å²) in [6.45, 7) is 1.25. The summed E-state index contributed by atoms with van der Waals surface area (Å²) in [6.07, 6.45) is 0.927. The number of para-hydroxylation sites is 2. The van der Waals surface area contributed by atoms with Gasteiger partial charge in [0.05, 0.1) is 6.54 Å². The molecule has 1 aromatic heterocycles. The van der Waals surface area contributed by atoms with Gasteiger partial charge in [0, 0.05) is 23.4 Å². The number of carbonyl (C=O) groups is 1. The summed E-state index contributed by atoms with van der Waals surface area (Å²) in [5.41, 5.74) is 4.38. The second-order valence-electron chi connectivity index (χ2n) is 5.57. The minimum absolute atomic E-state index is 0.0383. The smallest absolute Gasteiger partial charge is 0.322 e. The molecule has 4 nitrogen and oxygen atoms in total. The lowest BCUT2D eigenvalue weighted by Crippen LogP contribution is -2.38. The van der Waals surface area contributed by atoms with Crippen molar-refractivity contribution in [1.29, 1.82) is 0 Å². The lowest BCUT2D eigenvalue weighted by atomic mass is 10.2. The van der Waals surface area contributed by atoms with Crippen LogP contribution in [0.5, 0.6) is 0 Å². The molecule has 4 heteroatoms. The van der Waals surface area contributed by atoms with E-state index in [9.17, 15) is 4.79 Å². The van der Waals surface area contributed by atoms with Crippen molar-refractivity contribution in [1.82, 2.24) is 10.3 Å². The van der Waals surface area contributed by atoms with Crippen molar-refractivity contribution in [3.63, 3.8) is 0 Å². The molecule has 0 unspecified atom stereocenters. The van der Waals surface area contributed by atoms with E-state index in [0.717, 1.165) is 29.9 Å². The van der Waals surface area contributed by atoms with Crippen LogP contribution in [-0.4, -0.2) is 17.6 Å². The third-order valence-corrected chi connectivity index (χ3v) is 4.15. The quantitative estimate of drug-likeness (QED) is 0.746. The molecular weight excluding hydrogens is 274 g/mol. The second kappa shape index (κ2) is 5.22. The third kappa shape index (κ3) is 2.22. The van der Waals surface area contributed by atoms with Crippen molar-refractivity contribution >= 4 is 22.6 Å². The number of amides is 2. The Balaban J connectivity index is 1.47. The fraction of sp³-hybridized carbons (Fsp3) is 0.167. The van der Waals surface area contributed by atoms with Gasteiger partial charge in [0.25, 0.3) is 0 Å². The van der Waals surface area contributed by atoms with E-state index in [1.165, 1.54) is 10.9 Å². The molecule has 3 aromatic rings. The third-order valence-electron chi connectivity index (χ3n) is 4.15. The van der Waals surface area contributed by atoms with Gasteiger partial charge in [0.1, 0.15) is 0 Å². The first-order valence-electron chi connectivity index (χ1n) is 7.51. The largest absolute Gasteiger partial charge is 0.357 e. The lowest BCUT2D eigenvalue weighted by Gasteiger charge is -2.17. The highest BCUT2D eigenvalue weighted by Crippen LogP contribution is 2.27. The molecule has 0 bridgehead atoms. The van der Waals surface area contributed by atoms with Crippen molar-refractivity contribution in [3.8, 4) is 0 Å². The minimum Gasteiger partial charge on any atom is -0.357 e. The van der Waals surface area contributed by atoms with E-state index < -0.39 is 0 Å². The van der Waals surface area contributed by atoms with Crippen LogP contribution >= 0.6 is 0 Å². The number of rotatable bonds is 2. The predicted octanol–water partition coefficient (Wildman–Crippen LogP) is 3.44. The highest BCUT2D eigenvalue weighted by Gasteiger charge is 2.23. The maximum atomic E-state index is 12.4. The number of carbonyl (C=O) groups excluding carboxylic acids is 1. The van der Waals surface area contributed by atoms with E-state index >= 15 is 0 Å². The Labute approximate surface area is 128 Å². The Bertz CT molecular complexity index is 804. The predicted molar refractivity (Wildman–Crippen MR) is 88.0 cm³/mol. The molecule has 4 rings (SSSR count). The summed E-state index contributed by atoms with van der Waals surface area (Å²) < 4.78 is 0. The van der Waals surface area contributed by atoms with E-state index in [1.54, 1.807) is 0 Å². The van der Waals surface area contributed by atoms with Crippen LogP contribution in [-0.2, 0) is 13.0 Å². The number of aromatic amines is 1. The summed E-state index contributed by atoms with van der Waals surface area (Å²) in [4.78, 5) is 17.5. The fourth-order valence-corrected chi connectivity index (χ4v) is 3.04. The molecular formula is C18H17N3O. The first kappa shape index (κ1) is 13.0. The van der Waals surface area contributed by atoms with Crippen molar-refractivity contribution < 1.29 is 4.79 Å². The standard InChI is InChI=1S/C18H17N3O/c22-18(21-10-9-13-5-2-4-8-17(13)21)19-12-15-11-14-6-1-3-7-16(14)20-15/h1-8,11,20H,9-10,12H2,(H,19,22). The lowest BCUT2D eigenvalue weighted by molar-refractivity contribution is 0.246. The number of hydrogen-bond acceptors (Lipinski definition) is 1. The number of hydrogen-bond donors (Lipinski definition) is 2. The van der Waals surface area contributed by atoms with E-state index in [4.69, 9.17) is 0 Å². The maximum absolute atomic E-state index is 12.4. The number of H-pyrrole nitrogens is 1. The fourth-order valence-electron chi connectivity index (χ4n) is 3.04. The van der Waals surface area contributed by atoms with Gasteiger partial charge in [-0.2, -0.15) is 0 Å². The Hall–Kier alpha value is -2.75. The van der Waals surface area contributed by atoms with E-state index in [-0.39, 0.29) is 6.03 Å². The van der Waals surface area contributed by atoms with Crippen LogP contribution in [0.15, 0.2) is 54.6 Å². The average molecular weight is 291 g/mol. The summed E-state index contributed by atoms with van der Waals surface area (Å²) in [7, 11) is 0. The van der Waals surface area contributed by atoms with Gasteiger partial charge in [-0.1, -0.05) is 36.4 Å². The van der Waals surface area contributed by atoms with Crippen molar-refractivity contribution in [2.45, 2.75) is 13.0 Å². The van der Waals surface area contributed by atoms with E-state index in [1.807, 2.05) is 41.3 Å². The molecule has 2 aromatic carbocycles. The zero-order valence-electron chi connectivity index (χ0n) is 12.2. The number of anilines is 1. The van der Waals surface area contributed by atoms with Gasteiger partial charge < -0.3 is 10.3 Å². The van der Waals surface area contributed by atoms with Crippen molar-refractivity contribution in [2.24, 2.45) is 0 Å². The van der Waals surface area contributed by atoms with Crippen LogP contribution in [0.4, 0.5) is 10.5 Å². The molecule has 0 fully saturated rings. The zero-order chi connectivity index (χ0) is 14.9. The summed E-state index contributed by atoms with van der Waals surface area (Å²) in [5.74, 6) is 0. The minimum atomic E-state index is -0.0383. The SMILES string of the molecule is O=C(NCc1cc2ccccc2[nH]1)N1CCc2ccccc21. The molecule has 0 aliphatic carbocycles. The number of nitrogens with one attached hydrogen (secondary N) is 2. The van der Waals surface area contributed by atoms with Crippen molar-refractivity contribution in [2.75, 3.05) is 11.4 Å². The average Bonchev–Trinajstić information content (AvgIpc) is 3.16. The van der Waals surface area contributed by atoms with Crippen LogP contribution in [0, 0.1) is 0 Å². The highest BCUT2D eigenvalue weighted by molar-refractivity contribution is 5.94. The highest BCUT2D eigenvalue weighted by atomic mass is 16.2. The molecule has 1 aliphatic rings. The van der Waals surface area contributed by atoms with Gasteiger partial charge in [-0.25, -0.2) is 4.79 Å². The van der Waals surface area contributed by atoms with Crippen LogP contribution in [0.25, 0.3) is 10.9 Å². The van der Waals surface area contributed by atoms with Gasteiger partial charge in [-0.3, -0.25) is 4.90 Å². The number of benzene rings is 2. The van der Waals surface area contributed by atoms with Crippen molar-refractivity contribution in [3.05, 3.63) is 65.9 Å². The Kier molecular flexibility index (Phi) is 3.07. The first-order chi connectivity index (χ1) is 10.8. The van der Waals surface area contributed by atoms with Crippen LogP contribution in [0.2, 0.25) is 0 Å². The molecule has 0 saturated heterocycles. The maximum Gasteiger partial charge on any atom is 0.322 e. The zero-order valence-corrected chi connectivity index (χ0v) is 12.2. The molecule has 22 heavy (non-hydrogen) atoms. The molecule has 0 spiro atoms. The van der Waals surface area contributed by atoms with Gasteiger partial charge >= 0.3 is 6.03 Å². The van der Waals surface area contributed by atoms with Crippen LogP contribution in [0.1, 0.15) is 11.3 Å². The molecule has 0 radical (unpaired) electrons. The molecule has 0 saturated carbocycles. The summed E-state index contributed by atoms with van der Waals surface area (Å²) >= 11 is 0. The molecule has 2 heterocycles.